The maximum Gasteiger partial charge on any atom is 0.313 e. The topological polar surface area (TPSA) is 55.1 Å². The molecular formula is C14H14BrFN2O2S. The molecule has 1 aliphatic carbocycles. The number of hydrogen-bond donors (Lipinski definition) is 1. The number of carboxylic acid groups (broad SMARTS) is 1. The van der Waals surface area contributed by atoms with Gasteiger partial charge in [0.15, 0.2) is 5.16 Å². The van der Waals surface area contributed by atoms with Crippen LogP contribution in [0.5, 0.6) is 0 Å². The zero-order chi connectivity index (χ0) is 15.1. The van der Waals surface area contributed by atoms with Crippen LogP contribution in [0, 0.1) is 17.7 Å². The average Bonchev–Trinajstić information content (AvgIpc) is 3.01. The number of rotatable bonds is 5. The molecule has 3 rings (SSSR count). The van der Waals surface area contributed by atoms with Gasteiger partial charge in [-0.15, -0.1) is 0 Å². The van der Waals surface area contributed by atoms with Crippen molar-refractivity contribution in [2.75, 3.05) is 5.75 Å². The van der Waals surface area contributed by atoms with E-state index in [1.165, 1.54) is 17.8 Å². The summed E-state index contributed by atoms with van der Waals surface area (Å²) in [5.41, 5.74) is 1.41. The van der Waals surface area contributed by atoms with Gasteiger partial charge in [-0.1, -0.05) is 18.7 Å². The highest BCUT2D eigenvalue weighted by atomic mass is 79.9. The van der Waals surface area contributed by atoms with E-state index in [-0.39, 0.29) is 11.6 Å². The molecule has 1 aromatic carbocycles. The number of nitrogens with zero attached hydrogens (tertiary/aromatic N) is 2. The number of carbonyl (C=O) groups is 1. The van der Waals surface area contributed by atoms with E-state index in [0.29, 0.717) is 27.0 Å². The van der Waals surface area contributed by atoms with Gasteiger partial charge in [0.1, 0.15) is 5.82 Å². The summed E-state index contributed by atoms with van der Waals surface area (Å²) in [6, 6.07) is 3.10. The van der Waals surface area contributed by atoms with Crippen LogP contribution in [0.4, 0.5) is 4.39 Å². The smallest absolute Gasteiger partial charge is 0.313 e. The lowest BCUT2D eigenvalue weighted by atomic mass is 10.3. The maximum atomic E-state index is 13.8. The third-order valence-corrected chi connectivity index (χ3v) is 5.34. The van der Waals surface area contributed by atoms with Crippen molar-refractivity contribution in [1.29, 1.82) is 0 Å². The first kappa shape index (κ1) is 14.8. The summed E-state index contributed by atoms with van der Waals surface area (Å²) < 4.78 is 16.1. The molecule has 2 unspecified atom stereocenters. The van der Waals surface area contributed by atoms with E-state index < -0.39 is 5.97 Å². The zero-order valence-corrected chi connectivity index (χ0v) is 13.7. The van der Waals surface area contributed by atoms with Crippen LogP contribution in [0.15, 0.2) is 21.8 Å². The van der Waals surface area contributed by atoms with Crippen molar-refractivity contribution in [3.8, 4) is 0 Å². The fourth-order valence-corrected chi connectivity index (χ4v) is 3.47. The van der Waals surface area contributed by atoms with Crippen molar-refractivity contribution >= 4 is 44.7 Å². The van der Waals surface area contributed by atoms with Gasteiger partial charge in [-0.3, -0.25) is 4.79 Å². The third kappa shape index (κ3) is 3.08. The molecule has 0 aliphatic heterocycles. The highest BCUT2D eigenvalue weighted by Crippen LogP contribution is 2.41. The van der Waals surface area contributed by atoms with E-state index in [1.54, 1.807) is 6.07 Å². The maximum absolute atomic E-state index is 13.8. The highest BCUT2D eigenvalue weighted by Gasteiger charge is 2.33. The molecule has 112 valence electrons. The van der Waals surface area contributed by atoms with Gasteiger partial charge in [0.05, 0.1) is 21.3 Å². The Morgan fingerprint density at radius 1 is 1.62 bits per heavy atom. The average molecular weight is 373 g/mol. The van der Waals surface area contributed by atoms with Crippen molar-refractivity contribution in [3.05, 3.63) is 22.4 Å². The molecule has 1 fully saturated rings. The highest BCUT2D eigenvalue weighted by molar-refractivity contribution is 9.10. The van der Waals surface area contributed by atoms with Crippen molar-refractivity contribution < 1.29 is 14.3 Å². The molecule has 1 aliphatic rings. The Morgan fingerprint density at radius 3 is 2.95 bits per heavy atom. The van der Waals surface area contributed by atoms with Gasteiger partial charge in [0.2, 0.25) is 0 Å². The van der Waals surface area contributed by atoms with E-state index in [0.717, 1.165) is 18.5 Å². The second-order valence-corrected chi connectivity index (χ2v) is 7.21. The summed E-state index contributed by atoms with van der Waals surface area (Å²) >= 11 is 4.34. The van der Waals surface area contributed by atoms with E-state index in [2.05, 4.69) is 27.8 Å². The minimum absolute atomic E-state index is 0.0484. The number of aromatic nitrogens is 2. The summed E-state index contributed by atoms with van der Waals surface area (Å²) in [6.45, 7) is 2.95. The number of benzene rings is 1. The van der Waals surface area contributed by atoms with Crippen LogP contribution >= 0.6 is 27.7 Å². The Kier molecular flexibility index (Phi) is 3.96. The molecule has 2 atom stereocenters. The van der Waals surface area contributed by atoms with Gasteiger partial charge in [-0.25, -0.2) is 9.37 Å². The van der Waals surface area contributed by atoms with E-state index >= 15 is 0 Å². The van der Waals surface area contributed by atoms with Gasteiger partial charge in [-0.05, 0) is 40.3 Å². The molecule has 2 aromatic rings. The first-order valence-corrected chi connectivity index (χ1v) is 8.43. The van der Waals surface area contributed by atoms with E-state index in [9.17, 15) is 9.18 Å². The summed E-state index contributed by atoms with van der Waals surface area (Å²) in [6.07, 6.45) is 1.15. The van der Waals surface area contributed by atoms with Gasteiger partial charge >= 0.3 is 5.97 Å². The monoisotopic (exact) mass is 372 g/mol. The second-order valence-electron chi connectivity index (χ2n) is 5.42. The zero-order valence-electron chi connectivity index (χ0n) is 11.3. The van der Waals surface area contributed by atoms with Crippen LogP contribution in [0.25, 0.3) is 11.0 Å². The fourth-order valence-electron chi connectivity index (χ4n) is 2.40. The quantitative estimate of drug-likeness (QED) is 0.811. The lowest BCUT2D eigenvalue weighted by molar-refractivity contribution is -0.133. The van der Waals surface area contributed by atoms with Crippen LogP contribution in [0.2, 0.25) is 0 Å². The van der Waals surface area contributed by atoms with Crippen molar-refractivity contribution in [3.63, 3.8) is 0 Å². The number of halogens is 2. The SMILES string of the molecule is CC1CC1Cn1c(SCC(=O)O)nc2cc(Br)c(F)cc21. The molecule has 4 nitrogen and oxygen atoms in total. The number of carboxylic acids is 1. The van der Waals surface area contributed by atoms with Crippen molar-refractivity contribution in [1.82, 2.24) is 9.55 Å². The minimum atomic E-state index is -0.884. The first-order chi connectivity index (χ1) is 9.95. The molecule has 0 amide bonds. The normalized spacial score (nSPS) is 20.9. The van der Waals surface area contributed by atoms with Gasteiger partial charge in [0, 0.05) is 12.6 Å². The number of aliphatic carboxylic acids is 1. The Morgan fingerprint density at radius 2 is 2.33 bits per heavy atom. The molecule has 0 radical (unpaired) electrons. The van der Waals surface area contributed by atoms with Crippen LogP contribution in [-0.2, 0) is 11.3 Å². The lowest BCUT2D eigenvalue weighted by Crippen LogP contribution is -2.05. The van der Waals surface area contributed by atoms with Crippen LogP contribution < -0.4 is 0 Å². The summed E-state index contributed by atoms with van der Waals surface area (Å²) in [4.78, 5) is 15.2. The Hall–Kier alpha value is -1.08. The summed E-state index contributed by atoms with van der Waals surface area (Å²) in [7, 11) is 0. The molecule has 21 heavy (non-hydrogen) atoms. The Labute approximate surface area is 133 Å². The molecular weight excluding hydrogens is 359 g/mol. The Balaban J connectivity index is 2.01. The van der Waals surface area contributed by atoms with Gasteiger partial charge in [0.25, 0.3) is 0 Å². The third-order valence-electron chi connectivity index (χ3n) is 3.77. The number of hydrogen-bond acceptors (Lipinski definition) is 3. The largest absolute Gasteiger partial charge is 0.481 e. The summed E-state index contributed by atoms with van der Waals surface area (Å²) in [5, 5.41) is 9.48. The molecule has 0 saturated heterocycles. The molecule has 7 heteroatoms. The number of thioether (sulfide) groups is 1. The minimum Gasteiger partial charge on any atom is -0.481 e. The molecule has 0 bridgehead atoms. The molecule has 1 heterocycles. The first-order valence-electron chi connectivity index (χ1n) is 6.65. The van der Waals surface area contributed by atoms with Gasteiger partial charge < -0.3 is 9.67 Å². The predicted octanol–water partition coefficient (Wildman–Crippen LogP) is 3.77. The number of imidazole rings is 1. The van der Waals surface area contributed by atoms with Gasteiger partial charge in [-0.2, -0.15) is 0 Å². The molecule has 1 aromatic heterocycles. The Bertz CT molecular complexity index is 719. The lowest BCUT2D eigenvalue weighted by Gasteiger charge is -2.07. The van der Waals surface area contributed by atoms with Crippen LogP contribution in [0.1, 0.15) is 13.3 Å². The predicted molar refractivity (Wildman–Crippen MR) is 83.0 cm³/mol. The molecule has 1 N–H and O–H groups in total. The number of fused-ring (bicyclic) bond motifs is 1. The van der Waals surface area contributed by atoms with E-state index in [4.69, 9.17) is 5.11 Å². The van der Waals surface area contributed by atoms with Crippen LogP contribution in [0.3, 0.4) is 0 Å². The second kappa shape index (κ2) is 5.61. The van der Waals surface area contributed by atoms with Crippen LogP contribution in [-0.4, -0.2) is 26.4 Å². The van der Waals surface area contributed by atoms with Crippen molar-refractivity contribution in [2.45, 2.75) is 25.0 Å². The molecule has 0 spiro atoms. The summed E-state index contributed by atoms with van der Waals surface area (Å²) in [5.74, 6) is -0.0286. The van der Waals surface area contributed by atoms with Crippen molar-refractivity contribution in [2.24, 2.45) is 11.8 Å². The molecule has 1 saturated carbocycles. The fraction of sp³-hybridized carbons (Fsp3) is 0.429. The van der Waals surface area contributed by atoms with E-state index in [1.807, 2.05) is 4.57 Å². The standard InChI is InChI=1S/C14H14BrFN2O2S/c1-7-2-8(7)5-18-12-4-10(16)9(15)3-11(12)17-14(18)21-6-13(19)20/h3-4,7-8H,2,5-6H2,1H3,(H,19,20).